The van der Waals surface area contributed by atoms with Crippen molar-refractivity contribution < 1.29 is 27.3 Å². The van der Waals surface area contributed by atoms with Crippen molar-refractivity contribution in [2.45, 2.75) is 51.0 Å². The maximum Gasteiger partial charge on any atom is 0.338 e. The fourth-order valence-electron chi connectivity index (χ4n) is 4.14. The molecule has 214 valence electrons. The lowest BCUT2D eigenvalue weighted by Crippen LogP contribution is -2.49. The number of carbonyl (C=O) groups is 2. The Morgan fingerprint density at radius 3 is 2.60 bits per heavy atom. The number of ether oxygens (including phenoxy) is 1. The van der Waals surface area contributed by atoms with Crippen LogP contribution < -0.4 is 20.7 Å². The molecular formula is C25H30ClN7O6S. The summed E-state index contributed by atoms with van der Waals surface area (Å²) in [5.41, 5.74) is 6.72. The Hall–Kier alpha value is -4.04. The fourth-order valence-corrected chi connectivity index (χ4v) is 5.75. The number of anilines is 2. The van der Waals surface area contributed by atoms with Crippen molar-refractivity contribution in [1.29, 1.82) is 0 Å². The Morgan fingerprint density at radius 2 is 1.98 bits per heavy atom. The molecule has 0 saturated heterocycles. The summed E-state index contributed by atoms with van der Waals surface area (Å²) in [4.78, 5) is 33.5. The Kier molecular flexibility index (Phi) is 8.69. The van der Waals surface area contributed by atoms with Crippen molar-refractivity contribution in [2.24, 2.45) is 0 Å². The maximum atomic E-state index is 13.8. The first-order chi connectivity index (χ1) is 19.0. The molecule has 2 aromatic heterocycles. The van der Waals surface area contributed by atoms with Crippen molar-refractivity contribution in [3.05, 3.63) is 64.0 Å². The number of nitrogens with two attached hydrogens (primary N) is 1. The van der Waals surface area contributed by atoms with Gasteiger partial charge in [-0.3, -0.25) is 0 Å². The SMILES string of the molecule is CCCCc1nc(Cl)c(C2NC(=O)NC(CN(c3cc(C)no3)S(=O)(=O)c3ccc(N)cc3)=C2C(=O)OCC)[nH]1. The van der Waals surface area contributed by atoms with Crippen LogP contribution in [0.15, 0.2) is 51.0 Å². The van der Waals surface area contributed by atoms with Gasteiger partial charge in [-0.2, -0.15) is 0 Å². The molecule has 1 aliphatic rings. The highest BCUT2D eigenvalue weighted by Gasteiger charge is 2.39. The lowest BCUT2D eigenvalue weighted by Gasteiger charge is -2.31. The molecule has 0 spiro atoms. The van der Waals surface area contributed by atoms with Gasteiger partial charge < -0.3 is 30.6 Å². The number of aryl methyl sites for hydroxylation is 2. The van der Waals surface area contributed by atoms with Gasteiger partial charge in [-0.15, -0.1) is 0 Å². The first-order valence-electron chi connectivity index (χ1n) is 12.6. The Bertz CT molecular complexity index is 1530. The molecule has 0 aliphatic carbocycles. The molecule has 0 bridgehead atoms. The van der Waals surface area contributed by atoms with Gasteiger partial charge in [0.05, 0.1) is 40.7 Å². The molecule has 3 heterocycles. The quantitative estimate of drug-likeness (QED) is 0.192. The summed E-state index contributed by atoms with van der Waals surface area (Å²) < 4.78 is 39.1. The van der Waals surface area contributed by atoms with E-state index >= 15 is 0 Å². The number of urea groups is 1. The highest BCUT2D eigenvalue weighted by molar-refractivity contribution is 7.92. The number of amides is 2. The number of H-pyrrole nitrogens is 1. The normalized spacial score (nSPS) is 15.5. The Morgan fingerprint density at radius 1 is 1.25 bits per heavy atom. The predicted molar refractivity (Wildman–Crippen MR) is 147 cm³/mol. The van der Waals surface area contributed by atoms with Crippen LogP contribution in [0.1, 0.15) is 49.9 Å². The molecule has 0 radical (unpaired) electrons. The number of sulfonamides is 1. The number of nitrogens with one attached hydrogen (secondary N) is 3. The molecule has 1 aromatic carbocycles. The molecule has 2 amide bonds. The number of esters is 1. The van der Waals surface area contributed by atoms with E-state index in [4.69, 9.17) is 26.6 Å². The number of rotatable bonds is 11. The number of aromatic nitrogens is 3. The van der Waals surface area contributed by atoms with E-state index in [9.17, 15) is 18.0 Å². The molecule has 3 aromatic rings. The second kappa shape index (κ2) is 12.0. The monoisotopic (exact) mass is 591 g/mol. The first kappa shape index (κ1) is 29.0. The molecular weight excluding hydrogens is 562 g/mol. The van der Waals surface area contributed by atoms with E-state index < -0.39 is 34.6 Å². The molecule has 1 atom stereocenters. The summed E-state index contributed by atoms with van der Waals surface area (Å²) in [6.45, 7) is 4.82. The van der Waals surface area contributed by atoms with E-state index in [1.165, 1.54) is 30.3 Å². The van der Waals surface area contributed by atoms with Crippen LogP contribution in [0.5, 0.6) is 0 Å². The number of aromatic amines is 1. The van der Waals surface area contributed by atoms with Crippen LogP contribution in [0, 0.1) is 6.92 Å². The molecule has 1 unspecified atom stereocenters. The van der Waals surface area contributed by atoms with Crippen molar-refractivity contribution in [3.63, 3.8) is 0 Å². The molecule has 15 heteroatoms. The van der Waals surface area contributed by atoms with Crippen LogP contribution in [0.3, 0.4) is 0 Å². The molecule has 40 heavy (non-hydrogen) atoms. The molecule has 4 rings (SSSR count). The van der Waals surface area contributed by atoms with Crippen molar-refractivity contribution in [3.8, 4) is 0 Å². The third kappa shape index (κ3) is 6.07. The van der Waals surface area contributed by atoms with Crippen LogP contribution in [-0.4, -0.2) is 48.7 Å². The van der Waals surface area contributed by atoms with Gasteiger partial charge in [0.15, 0.2) is 5.15 Å². The van der Waals surface area contributed by atoms with Gasteiger partial charge in [0.2, 0.25) is 5.88 Å². The summed E-state index contributed by atoms with van der Waals surface area (Å²) in [5, 5.41) is 9.12. The first-order valence-corrected chi connectivity index (χ1v) is 14.4. The van der Waals surface area contributed by atoms with Crippen LogP contribution in [-0.2, 0) is 26.0 Å². The largest absolute Gasteiger partial charge is 0.463 e. The lowest BCUT2D eigenvalue weighted by molar-refractivity contribution is -0.139. The van der Waals surface area contributed by atoms with E-state index in [2.05, 4.69) is 25.8 Å². The van der Waals surface area contributed by atoms with Crippen LogP contribution in [0.2, 0.25) is 5.15 Å². The van der Waals surface area contributed by atoms with E-state index in [1.54, 1.807) is 13.8 Å². The number of hydrogen-bond donors (Lipinski definition) is 4. The van der Waals surface area contributed by atoms with Gasteiger partial charge in [0, 0.05) is 18.2 Å². The highest BCUT2D eigenvalue weighted by Crippen LogP contribution is 2.33. The minimum atomic E-state index is -4.29. The molecule has 0 saturated carbocycles. The number of halogens is 1. The number of unbranched alkanes of at least 4 members (excludes halogenated alkanes) is 1. The smallest absolute Gasteiger partial charge is 0.338 e. The summed E-state index contributed by atoms with van der Waals surface area (Å²) in [6.07, 6.45) is 2.39. The van der Waals surface area contributed by atoms with Crippen molar-refractivity contribution in [1.82, 2.24) is 25.8 Å². The van der Waals surface area contributed by atoms with Gasteiger partial charge >= 0.3 is 12.0 Å². The summed E-state index contributed by atoms with van der Waals surface area (Å²) in [7, 11) is -4.29. The molecule has 1 aliphatic heterocycles. The zero-order valence-electron chi connectivity index (χ0n) is 22.2. The summed E-state index contributed by atoms with van der Waals surface area (Å²) in [6, 6.07) is 5.20. The molecule has 5 N–H and O–H groups in total. The van der Waals surface area contributed by atoms with Crippen molar-refractivity contribution in [2.75, 3.05) is 23.2 Å². The number of imidazole rings is 1. The third-order valence-electron chi connectivity index (χ3n) is 6.07. The van der Waals surface area contributed by atoms with E-state index in [1.807, 2.05) is 6.92 Å². The minimum Gasteiger partial charge on any atom is -0.463 e. The number of carbonyl (C=O) groups excluding carboxylic acids is 2. The zero-order chi connectivity index (χ0) is 29.0. The van der Waals surface area contributed by atoms with E-state index in [0.29, 0.717) is 23.6 Å². The molecule has 0 fully saturated rings. The van der Waals surface area contributed by atoms with Crippen LogP contribution in [0.25, 0.3) is 0 Å². The number of hydrogen-bond acceptors (Lipinski definition) is 9. The maximum absolute atomic E-state index is 13.8. The number of nitrogens with zero attached hydrogens (tertiary/aromatic N) is 3. The number of nitrogen functional groups attached to an aromatic ring is 1. The van der Waals surface area contributed by atoms with Crippen LogP contribution in [0.4, 0.5) is 16.4 Å². The Labute approximate surface area is 236 Å². The highest BCUT2D eigenvalue weighted by atomic mass is 35.5. The predicted octanol–water partition coefficient (Wildman–Crippen LogP) is 3.35. The standard InChI is InChI=1S/C25H30ClN7O6S/c1-4-6-7-18-29-22(23(26)30-18)21-20(24(34)38-5-2)17(28-25(35)31-21)13-33(19-12-14(3)32-39-19)40(36,37)16-10-8-15(27)9-11-16/h8-12,21H,4-7,13,27H2,1-3H3,(H,29,30)(H2,28,31,35). The van der Waals surface area contributed by atoms with Gasteiger partial charge in [0.1, 0.15) is 11.9 Å². The Balaban J connectivity index is 1.85. The fraction of sp³-hybridized carbons (Fsp3) is 0.360. The second-order valence-electron chi connectivity index (χ2n) is 9.02. The lowest BCUT2D eigenvalue weighted by atomic mass is 9.99. The summed E-state index contributed by atoms with van der Waals surface area (Å²) >= 11 is 6.44. The van der Waals surface area contributed by atoms with Gasteiger partial charge in [-0.1, -0.05) is 30.1 Å². The average molecular weight is 592 g/mol. The topological polar surface area (TPSA) is 186 Å². The average Bonchev–Trinajstić information content (AvgIpc) is 3.50. The van der Waals surface area contributed by atoms with E-state index in [-0.39, 0.29) is 39.5 Å². The van der Waals surface area contributed by atoms with Crippen molar-refractivity contribution >= 4 is 45.2 Å². The van der Waals surface area contributed by atoms with Gasteiger partial charge in [-0.05, 0) is 44.5 Å². The number of benzene rings is 1. The third-order valence-corrected chi connectivity index (χ3v) is 8.12. The summed E-state index contributed by atoms with van der Waals surface area (Å²) in [5.74, 6) is -0.325. The minimum absolute atomic E-state index is 0.0312. The zero-order valence-corrected chi connectivity index (χ0v) is 23.7. The van der Waals surface area contributed by atoms with Gasteiger partial charge in [-0.25, -0.2) is 27.3 Å². The van der Waals surface area contributed by atoms with Crippen LogP contribution >= 0.6 is 11.6 Å². The second-order valence-corrected chi connectivity index (χ2v) is 11.2. The van der Waals surface area contributed by atoms with E-state index in [0.717, 1.165) is 17.1 Å². The molecule has 13 nitrogen and oxygen atoms in total. The van der Waals surface area contributed by atoms with Gasteiger partial charge in [0.25, 0.3) is 10.0 Å².